The molecule has 3 aliphatic rings. The molecule has 0 spiro atoms. The number of fused-ring (bicyclic) bond motifs is 1. The van der Waals surface area contributed by atoms with Crippen LogP contribution in [0.5, 0.6) is 0 Å². The molecule has 0 bridgehead atoms. The summed E-state index contributed by atoms with van der Waals surface area (Å²) in [6.07, 6.45) is 8.77. The zero-order chi connectivity index (χ0) is 24.1. The number of benzene rings is 1. The van der Waals surface area contributed by atoms with Gasteiger partial charge in [-0.25, -0.2) is 14.2 Å². The molecule has 4 nitrogen and oxygen atoms in total. The Hall–Kier alpha value is -2.02. The monoisotopic (exact) mass is 506 g/mol. The van der Waals surface area contributed by atoms with E-state index in [4.69, 9.17) is 28.2 Å². The summed E-state index contributed by atoms with van der Waals surface area (Å²) in [5.74, 6) is -1.37. The Bertz CT molecular complexity index is 1170. The number of aliphatic imine (C=N–C) groups is 1. The van der Waals surface area contributed by atoms with Gasteiger partial charge in [0.2, 0.25) is 0 Å². The summed E-state index contributed by atoms with van der Waals surface area (Å²) in [7, 11) is 0. The molecule has 8 heteroatoms. The number of amidine groups is 1. The quantitative estimate of drug-likeness (QED) is 0.465. The van der Waals surface area contributed by atoms with Crippen LogP contribution in [0.25, 0.3) is 0 Å². The van der Waals surface area contributed by atoms with Crippen LogP contribution >= 0.6 is 35.0 Å². The molecule has 0 fully saturated rings. The number of hydrogen-bond donors (Lipinski definition) is 1. The molecule has 33 heavy (non-hydrogen) atoms. The third-order valence-corrected chi connectivity index (χ3v) is 8.14. The van der Waals surface area contributed by atoms with Gasteiger partial charge in [0.1, 0.15) is 16.3 Å². The summed E-state index contributed by atoms with van der Waals surface area (Å²) in [5.41, 5.74) is 1.45. The lowest BCUT2D eigenvalue weighted by atomic mass is 9.79. The first-order valence-electron chi connectivity index (χ1n) is 10.8. The zero-order valence-corrected chi connectivity index (χ0v) is 21.1. The van der Waals surface area contributed by atoms with E-state index in [1.807, 2.05) is 43.9 Å². The molecule has 0 amide bonds. The summed E-state index contributed by atoms with van der Waals surface area (Å²) >= 11 is 13.6. The van der Waals surface area contributed by atoms with Crippen molar-refractivity contribution in [3.63, 3.8) is 0 Å². The number of hydrogen-bond acceptors (Lipinski definition) is 4. The van der Waals surface area contributed by atoms with Crippen molar-refractivity contribution in [1.82, 2.24) is 4.90 Å². The van der Waals surface area contributed by atoms with Gasteiger partial charge in [0.15, 0.2) is 5.17 Å². The van der Waals surface area contributed by atoms with Crippen LogP contribution in [0.1, 0.15) is 45.7 Å². The lowest BCUT2D eigenvalue weighted by Gasteiger charge is -2.37. The van der Waals surface area contributed by atoms with Crippen LogP contribution in [0.4, 0.5) is 4.39 Å². The molecule has 4 rings (SSSR count). The SMILES string of the molecule is CC(C)C1=C(C(=O)O)SC2=N[C@@](C)(C3=CC=C(Cl)C(C)CC=C3)[C@@H](c3ccc(Cl)c(F)c3)N21. The predicted molar refractivity (Wildman–Crippen MR) is 134 cm³/mol. The minimum atomic E-state index is -0.989. The minimum absolute atomic E-state index is 0.0370. The average molecular weight is 507 g/mol. The Morgan fingerprint density at radius 3 is 2.70 bits per heavy atom. The van der Waals surface area contributed by atoms with Crippen molar-refractivity contribution in [3.8, 4) is 0 Å². The Kier molecular flexibility index (Phi) is 6.56. The number of aliphatic carboxylic acids is 1. The van der Waals surface area contributed by atoms with Crippen molar-refractivity contribution in [2.75, 3.05) is 0 Å². The summed E-state index contributed by atoms with van der Waals surface area (Å²) in [6.45, 7) is 7.97. The summed E-state index contributed by atoms with van der Waals surface area (Å²) in [6, 6.07) is 4.28. The molecule has 1 aromatic carbocycles. The summed E-state index contributed by atoms with van der Waals surface area (Å²) in [4.78, 5) is 19.3. The predicted octanol–water partition coefficient (Wildman–Crippen LogP) is 7.29. The fourth-order valence-electron chi connectivity index (χ4n) is 4.55. The first-order chi connectivity index (χ1) is 15.5. The zero-order valence-electron chi connectivity index (χ0n) is 18.8. The molecule has 0 saturated heterocycles. The van der Waals surface area contributed by atoms with Crippen molar-refractivity contribution in [3.05, 3.63) is 80.1 Å². The van der Waals surface area contributed by atoms with Crippen LogP contribution in [0, 0.1) is 17.7 Å². The highest BCUT2D eigenvalue weighted by Gasteiger charge is 2.53. The number of carboxylic acid groups (broad SMARTS) is 1. The van der Waals surface area contributed by atoms with E-state index in [-0.39, 0.29) is 21.8 Å². The number of carbonyl (C=O) groups is 1. The van der Waals surface area contributed by atoms with Gasteiger partial charge in [0.05, 0.1) is 11.1 Å². The van der Waals surface area contributed by atoms with E-state index in [0.717, 1.165) is 28.8 Å². The molecular weight excluding hydrogens is 482 g/mol. The van der Waals surface area contributed by atoms with E-state index in [1.54, 1.807) is 6.07 Å². The average Bonchev–Trinajstić information content (AvgIpc) is 3.23. The molecule has 1 N–H and O–H groups in total. The van der Waals surface area contributed by atoms with Crippen LogP contribution in [0.15, 0.2) is 68.7 Å². The maximum Gasteiger partial charge on any atom is 0.344 e. The molecule has 2 aliphatic heterocycles. The second-order valence-electron chi connectivity index (χ2n) is 8.98. The van der Waals surface area contributed by atoms with E-state index >= 15 is 0 Å². The van der Waals surface area contributed by atoms with Crippen molar-refractivity contribution in [2.45, 2.75) is 45.7 Å². The molecule has 1 aromatic rings. The first kappa shape index (κ1) is 24.1. The second kappa shape index (κ2) is 8.97. The molecular formula is C25H25Cl2FN2O2S. The minimum Gasteiger partial charge on any atom is -0.477 e. The van der Waals surface area contributed by atoms with Crippen molar-refractivity contribution in [1.29, 1.82) is 0 Å². The maximum atomic E-state index is 14.6. The summed E-state index contributed by atoms with van der Waals surface area (Å²) in [5, 5.41) is 11.2. The van der Waals surface area contributed by atoms with Gasteiger partial charge < -0.3 is 10.0 Å². The molecule has 1 unspecified atom stereocenters. The number of rotatable bonds is 4. The third kappa shape index (κ3) is 4.17. The van der Waals surface area contributed by atoms with Gasteiger partial charge in [-0.1, -0.05) is 68.3 Å². The van der Waals surface area contributed by atoms with Gasteiger partial charge in [0, 0.05) is 10.7 Å². The Morgan fingerprint density at radius 2 is 2.06 bits per heavy atom. The van der Waals surface area contributed by atoms with Crippen molar-refractivity contribution in [2.24, 2.45) is 16.8 Å². The number of halogens is 3. The van der Waals surface area contributed by atoms with Crippen LogP contribution in [-0.4, -0.2) is 26.7 Å². The molecule has 0 radical (unpaired) electrons. The Balaban J connectivity index is 1.93. The number of allylic oxidation sites excluding steroid dienone is 5. The van der Waals surface area contributed by atoms with E-state index in [1.165, 1.54) is 12.1 Å². The highest BCUT2D eigenvalue weighted by molar-refractivity contribution is 8.18. The molecule has 0 saturated carbocycles. The van der Waals surface area contributed by atoms with Gasteiger partial charge in [0.25, 0.3) is 0 Å². The van der Waals surface area contributed by atoms with Crippen molar-refractivity contribution >= 4 is 46.1 Å². The highest BCUT2D eigenvalue weighted by Crippen LogP contribution is 2.55. The van der Waals surface area contributed by atoms with E-state index in [2.05, 4.69) is 13.0 Å². The second-order valence-corrected chi connectivity index (χ2v) is 10.8. The number of nitrogens with zero attached hydrogens (tertiary/aromatic N) is 2. The van der Waals surface area contributed by atoms with Gasteiger partial charge in [-0.3, -0.25) is 0 Å². The fraction of sp³-hybridized carbons (Fsp3) is 0.360. The first-order valence-corrected chi connectivity index (χ1v) is 12.4. The van der Waals surface area contributed by atoms with Gasteiger partial charge in [-0.15, -0.1) is 0 Å². The summed E-state index contributed by atoms with van der Waals surface area (Å²) < 4.78 is 14.6. The van der Waals surface area contributed by atoms with Gasteiger partial charge in [-0.2, -0.15) is 0 Å². The molecule has 0 aromatic heterocycles. The molecule has 174 valence electrons. The van der Waals surface area contributed by atoms with Crippen LogP contribution in [-0.2, 0) is 4.79 Å². The van der Waals surface area contributed by atoms with Crippen LogP contribution in [0.2, 0.25) is 5.02 Å². The highest BCUT2D eigenvalue weighted by atomic mass is 35.5. The van der Waals surface area contributed by atoms with Crippen LogP contribution in [0.3, 0.4) is 0 Å². The van der Waals surface area contributed by atoms with Crippen molar-refractivity contribution < 1.29 is 14.3 Å². The largest absolute Gasteiger partial charge is 0.477 e. The standard InChI is InChI=1S/C25H25Cl2FN2O2S/c1-13(2)20-21(23(31)32)33-24-29-25(4,16-7-5-6-14(3)17(26)11-9-16)22(30(20)24)15-8-10-18(27)19(28)12-15/h5,7-14,22H,6H2,1-4H3,(H,31,32)/t14?,22-,25+/m1/s1. The Labute approximate surface area is 207 Å². The Morgan fingerprint density at radius 1 is 1.33 bits per heavy atom. The number of thioether (sulfide) groups is 1. The molecule has 1 aliphatic carbocycles. The van der Waals surface area contributed by atoms with E-state index < -0.39 is 23.4 Å². The van der Waals surface area contributed by atoms with Crippen LogP contribution < -0.4 is 0 Å². The lowest BCUT2D eigenvalue weighted by Crippen LogP contribution is -2.38. The molecule has 3 atom stereocenters. The normalized spacial score (nSPS) is 27.3. The molecule has 2 heterocycles. The fourth-order valence-corrected chi connectivity index (χ4v) is 6.07. The third-order valence-electron chi connectivity index (χ3n) is 6.28. The van der Waals surface area contributed by atoms with Gasteiger partial charge >= 0.3 is 5.97 Å². The topological polar surface area (TPSA) is 52.9 Å². The van der Waals surface area contributed by atoms with E-state index in [0.29, 0.717) is 16.4 Å². The maximum absolute atomic E-state index is 14.6. The van der Waals surface area contributed by atoms with E-state index in [9.17, 15) is 14.3 Å². The lowest BCUT2D eigenvalue weighted by molar-refractivity contribution is -0.131. The number of carboxylic acids is 1. The smallest absolute Gasteiger partial charge is 0.344 e. The van der Waals surface area contributed by atoms with Gasteiger partial charge in [-0.05, 0) is 66.3 Å².